The van der Waals surface area contributed by atoms with Crippen molar-refractivity contribution in [3.05, 3.63) is 0 Å². The molecule has 5 N–H and O–H groups in total. The van der Waals surface area contributed by atoms with Crippen LogP contribution in [0.4, 0.5) is 4.79 Å². The topological polar surface area (TPSA) is 181 Å². The van der Waals surface area contributed by atoms with Crippen molar-refractivity contribution in [2.45, 2.75) is 24.4 Å². The van der Waals surface area contributed by atoms with E-state index in [1.54, 1.807) is 0 Å². The number of carbonyl (C=O) groups is 2. The first-order valence-electron chi connectivity index (χ1n) is 3.94. The second-order valence-electron chi connectivity index (χ2n) is 2.61. The Bertz CT molecular complexity index is 208. The number of aldehydes is 1. The first kappa shape index (κ1) is 22.2. The number of carbonyl (C=O) groups excluding carboxylic acids is 2. The summed E-state index contributed by atoms with van der Waals surface area (Å²) in [7, 11) is 0. The summed E-state index contributed by atoms with van der Waals surface area (Å²) >= 11 is 0. The maximum atomic E-state index is 9.90. The Morgan fingerprint density at radius 1 is 1.12 bits per heavy atom. The van der Waals surface area contributed by atoms with Gasteiger partial charge in [-0.3, -0.25) is 0 Å². The van der Waals surface area contributed by atoms with Gasteiger partial charge in [0.15, 0.2) is 6.29 Å². The van der Waals surface area contributed by atoms with Gasteiger partial charge in [-0.2, -0.15) is 0 Å². The van der Waals surface area contributed by atoms with Crippen LogP contribution in [0.3, 0.4) is 0 Å². The minimum atomic E-state index is -2.33. The largest absolute Gasteiger partial charge is 2.00 e. The summed E-state index contributed by atoms with van der Waals surface area (Å²) in [6.45, 7) is -0.760. The van der Waals surface area contributed by atoms with Gasteiger partial charge in [-0.25, -0.2) is 0 Å². The van der Waals surface area contributed by atoms with Gasteiger partial charge in [-0.15, -0.1) is 0 Å². The molecule has 0 amide bonds. The summed E-state index contributed by atoms with van der Waals surface area (Å²) in [4.78, 5) is 18.2. The van der Waals surface area contributed by atoms with Gasteiger partial charge >= 0.3 is 37.7 Å². The first-order valence-corrected chi connectivity index (χ1v) is 3.94. The van der Waals surface area contributed by atoms with E-state index in [9.17, 15) is 4.79 Å². The van der Waals surface area contributed by atoms with Crippen molar-refractivity contribution in [2.24, 2.45) is 0 Å². The molecule has 96 valence electrons. The third-order valence-corrected chi connectivity index (χ3v) is 1.42. The van der Waals surface area contributed by atoms with Gasteiger partial charge in [0.2, 0.25) is 0 Å². The molecule has 0 aliphatic heterocycles. The Labute approximate surface area is 126 Å². The molecule has 0 aliphatic rings. The SMILES string of the molecule is O=C([O-])[O-].O=CC(O)C(O)C(O)C(O)CO.[Ca+2]. The fourth-order valence-corrected chi connectivity index (χ4v) is 0.618. The summed E-state index contributed by atoms with van der Waals surface area (Å²) in [5.41, 5.74) is 0. The molecule has 0 radical (unpaired) electrons. The quantitative estimate of drug-likeness (QED) is 0.241. The molecule has 0 saturated carbocycles. The van der Waals surface area contributed by atoms with Crippen molar-refractivity contribution in [3.63, 3.8) is 0 Å². The van der Waals surface area contributed by atoms with Gasteiger partial charge in [0.25, 0.3) is 0 Å². The fraction of sp³-hybridized carbons (Fsp3) is 0.714. The maximum absolute atomic E-state index is 9.90. The molecule has 0 aliphatic carbocycles. The zero-order valence-electron chi connectivity index (χ0n) is 8.67. The Morgan fingerprint density at radius 3 is 1.71 bits per heavy atom. The van der Waals surface area contributed by atoms with Gasteiger partial charge in [0.05, 0.1) is 6.61 Å². The van der Waals surface area contributed by atoms with Crippen LogP contribution in [0.15, 0.2) is 0 Å². The Kier molecular flexibility index (Phi) is 16.3. The third-order valence-electron chi connectivity index (χ3n) is 1.42. The molecule has 0 saturated heterocycles. The average molecular weight is 280 g/mol. The second-order valence-corrected chi connectivity index (χ2v) is 2.61. The van der Waals surface area contributed by atoms with Crippen molar-refractivity contribution in [3.8, 4) is 0 Å². The average Bonchev–Trinajstić information content (AvgIpc) is 2.24. The number of aliphatic hydroxyl groups excluding tert-OH is 5. The molecular weight excluding hydrogens is 268 g/mol. The van der Waals surface area contributed by atoms with Gasteiger partial charge in [-0.1, -0.05) is 0 Å². The van der Waals surface area contributed by atoms with E-state index in [2.05, 4.69) is 0 Å². The van der Waals surface area contributed by atoms with E-state index in [1.165, 1.54) is 0 Å². The molecule has 0 fully saturated rings. The monoisotopic (exact) mass is 280 g/mol. The van der Waals surface area contributed by atoms with Gasteiger partial charge in [-0.05, 0) is 6.16 Å². The fourth-order valence-electron chi connectivity index (χ4n) is 0.618. The minimum Gasteiger partial charge on any atom is -0.652 e. The van der Waals surface area contributed by atoms with E-state index in [4.69, 9.17) is 40.5 Å². The number of carboxylic acid groups (broad SMARTS) is 2. The van der Waals surface area contributed by atoms with E-state index >= 15 is 0 Å². The normalized spacial score (nSPS) is 16.3. The van der Waals surface area contributed by atoms with E-state index in [-0.39, 0.29) is 44.0 Å². The smallest absolute Gasteiger partial charge is 0.652 e. The van der Waals surface area contributed by atoms with E-state index in [0.717, 1.165) is 0 Å². The number of hydrogen-bond acceptors (Lipinski definition) is 9. The van der Waals surface area contributed by atoms with Crippen LogP contribution < -0.4 is 10.2 Å². The first-order chi connectivity index (χ1) is 7.27. The second kappa shape index (κ2) is 12.5. The molecule has 0 bridgehead atoms. The van der Waals surface area contributed by atoms with Crippen LogP contribution >= 0.6 is 0 Å². The van der Waals surface area contributed by atoms with Crippen LogP contribution in [0.1, 0.15) is 0 Å². The molecule has 4 atom stereocenters. The van der Waals surface area contributed by atoms with Gasteiger partial charge < -0.3 is 45.3 Å². The van der Waals surface area contributed by atoms with E-state index in [0.29, 0.717) is 0 Å². The van der Waals surface area contributed by atoms with E-state index in [1.807, 2.05) is 0 Å². The number of rotatable bonds is 5. The summed E-state index contributed by atoms with van der Waals surface area (Å²) < 4.78 is 0. The minimum absolute atomic E-state index is 0. The molecule has 0 rings (SSSR count). The van der Waals surface area contributed by atoms with Crippen LogP contribution in [0.5, 0.6) is 0 Å². The van der Waals surface area contributed by atoms with Crippen LogP contribution in [-0.4, -0.2) is 107 Å². The molecule has 4 unspecified atom stereocenters. The molecule has 9 nitrogen and oxygen atoms in total. The summed E-state index contributed by atoms with van der Waals surface area (Å²) in [6, 6.07) is 0. The Hall–Kier alpha value is -0.000260. The molecule has 0 spiro atoms. The summed E-state index contributed by atoms with van der Waals surface area (Å²) in [5.74, 6) is 0. The molecular formula is C7H12CaO9. The van der Waals surface area contributed by atoms with Crippen LogP contribution in [-0.2, 0) is 4.79 Å². The van der Waals surface area contributed by atoms with Gasteiger partial charge in [0.1, 0.15) is 24.4 Å². The van der Waals surface area contributed by atoms with Crippen molar-refractivity contribution < 1.29 is 45.3 Å². The Morgan fingerprint density at radius 2 is 1.47 bits per heavy atom. The molecule has 0 aromatic heterocycles. The molecule has 17 heavy (non-hydrogen) atoms. The zero-order chi connectivity index (χ0) is 13.3. The molecule has 0 heterocycles. The predicted molar refractivity (Wildman–Crippen MR) is 48.3 cm³/mol. The maximum Gasteiger partial charge on any atom is 2.00 e. The third kappa shape index (κ3) is 12.2. The standard InChI is InChI=1S/C6H12O6.CH2O3.Ca/c7-1-3(9)5(11)6(12)4(10)2-8;2-1(3)4;/h1,3-6,8-12H,2H2;(H2,2,3,4);/q;;+2/p-2. The Balaban J connectivity index is -0.000000340. The van der Waals surface area contributed by atoms with Crippen molar-refractivity contribution >= 4 is 50.2 Å². The molecule has 0 aromatic carbocycles. The van der Waals surface area contributed by atoms with Crippen molar-refractivity contribution in [2.75, 3.05) is 6.61 Å². The predicted octanol–water partition coefficient (Wildman–Crippen LogP) is -6.21. The van der Waals surface area contributed by atoms with Crippen LogP contribution in [0.2, 0.25) is 0 Å². The summed E-state index contributed by atoms with van der Waals surface area (Å²) in [5, 5.41) is 60.2. The van der Waals surface area contributed by atoms with Crippen LogP contribution in [0.25, 0.3) is 0 Å². The molecule has 0 aromatic rings. The van der Waals surface area contributed by atoms with Crippen molar-refractivity contribution in [1.29, 1.82) is 0 Å². The number of hydrogen-bond donors (Lipinski definition) is 5. The van der Waals surface area contributed by atoms with Gasteiger partial charge in [0, 0.05) is 0 Å². The molecule has 10 heteroatoms. The van der Waals surface area contributed by atoms with Crippen LogP contribution in [0, 0.1) is 0 Å². The number of aliphatic hydroxyl groups is 5. The van der Waals surface area contributed by atoms with Crippen molar-refractivity contribution in [1.82, 2.24) is 0 Å². The van der Waals surface area contributed by atoms with E-state index < -0.39 is 37.2 Å². The summed E-state index contributed by atoms with van der Waals surface area (Å²) in [6.07, 6.45) is -9.17. The zero-order valence-corrected chi connectivity index (χ0v) is 10.9.